The number of rotatable bonds is 5. The van der Waals surface area contributed by atoms with E-state index in [2.05, 4.69) is 37.8 Å². The highest BCUT2D eigenvalue weighted by atomic mass is 35.5. The molecule has 4 aliphatic heterocycles. The number of aromatic nitrogens is 2. The third-order valence-electron chi connectivity index (χ3n) is 7.51. The molecule has 3 N–H and O–H groups in total. The molecule has 4 aliphatic rings. The lowest BCUT2D eigenvalue weighted by molar-refractivity contribution is -0.114. The topological polar surface area (TPSA) is 169 Å². The lowest BCUT2D eigenvalue weighted by Crippen LogP contribution is -2.15. The molecular weight excluding hydrogens is 726 g/mol. The van der Waals surface area contributed by atoms with Crippen LogP contribution in [0.4, 0.5) is 22.7 Å². The summed E-state index contributed by atoms with van der Waals surface area (Å²) < 4.78 is 20.8. The molecule has 0 saturated carbocycles. The molecule has 16 heteroatoms. The van der Waals surface area contributed by atoms with Gasteiger partial charge in [0.15, 0.2) is 23.0 Å². The van der Waals surface area contributed by atoms with E-state index < -0.39 is 0 Å². The Labute approximate surface area is 315 Å². The van der Waals surface area contributed by atoms with Crippen LogP contribution < -0.4 is 34.9 Å². The highest BCUT2D eigenvalue weighted by Crippen LogP contribution is 2.36. The van der Waals surface area contributed by atoms with Crippen molar-refractivity contribution in [3.8, 4) is 29.1 Å². The van der Waals surface area contributed by atoms with Gasteiger partial charge in [0.25, 0.3) is 0 Å². The van der Waals surface area contributed by atoms with Gasteiger partial charge in [0.2, 0.25) is 25.4 Å². The van der Waals surface area contributed by atoms with E-state index in [4.69, 9.17) is 48.0 Å². The summed E-state index contributed by atoms with van der Waals surface area (Å²) in [7, 11) is 0. The number of nitriles is 1. The Morgan fingerprint density at radius 3 is 2.00 bits per heavy atom. The minimum Gasteiger partial charge on any atom is -0.454 e. The second-order valence-electron chi connectivity index (χ2n) is 11.2. The fourth-order valence-corrected chi connectivity index (χ4v) is 6.19. The van der Waals surface area contributed by atoms with Gasteiger partial charge in [-0.3, -0.25) is 19.6 Å². The Kier molecular flexibility index (Phi) is 13.2. The van der Waals surface area contributed by atoms with E-state index in [1.807, 2.05) is 25.5 Å². The van der Waals surface area contributed by atoms with Crippen LogP contribution >= 0.6 is 35.6 Å². The van der Waals surface area contributed by atoms with Gasteiger partial charge in [-0.1, -0.05) is 12.2 Å². The van der Waals surface area contributed by atoms with Gasteiger partial charge in [-0.2, -0.15) is 5.26 Å². The normalized spacial score (nSPS) is 13.2. The second kappa shape index (κ2) is 18.2. The van der Waals surface area contributed by atoms with Gasteiger partial charge in [0, 0.05) is 55.7 Å². The van der Waals surface area contributed by atoms with Gasteiger partial charge >= 0.3 is 0 Å². The molecule has 0 radical (unpaired) electrons. The third kappa shape index (κ3) is 10.1. The minimum absolute atomic E-state index is 0.0611. The standard InChI is InChI=1S/C17H15N3O3S.C9H8ClNO3.C8H8N2S.C2H3N/c1-10-6-18-7-13-12(10)5-17(20-13)24-8-16(21)19-11-2-3-14-15(4-11)23-9-22-14;10-4-9(12)11-6-1-2-7-8(3-6)14-5-13-7;1-5-3-9-4-7-6(5)2-8(11)10-7;1-2-3/h2-4,6-7H,5,8-9H2,1H3,(H,19,21);1-3H,4-5H2,(H,11,12);3-4H,2H2,1H3,(H,10,11);1H3. The Morgan fingerprint density at radius 2 is 1.42 bits per heavy atom. The SMILES string of the molecule is CC#N.Cc1cncc2c1CC(=S)N2.Cc1cncc2c1CC(SCC(=O)Nc1ccc3c(c1)OCO3)=N2.O=C(CCl)Nc1ccc2c(c1)OCO2. The molecule has 268 valence electrons. The number of fused-ring (bicyclic) bond motifs is 4. The summed E-state index contributed by atoms with van der Waals surface area (Å²) in [5, 5.41) is 16.9. The van der Waals surface area contributed by atoms with Crippen LogP contribution in [-0.2, 0) is 22.4 Å². The molecule has 0 unspecified atom stereocenters. The molecule has 2 aromatic carbocycles. The average molecular weight is 760 g/mol. The van der Waals surface area contributed by atoms with Gasteiger partial charge in [0.1, 0.15) is 5.88 Å². The molecule has 0 bridgehead atoms. The first-order valence-electron chi connectivity index (χ1n) is 15.8. The summed E-state index contributed by atoms with van der Waals surface area (Å²) in [5.41, 5.74) is 8.19. The number of benzene rings is 2. The first-order valence-corrected chi connectivity index (χ1v) is 17.7. The van der Waals surface area contributed by atoms with Crippen LogP contribution in [0.3, 0.4) is 0 Å². The van der Waals surface area contributed by atoms with Crippen LogP contribution in [0.15, 0.2) is 66.2 Å². The lowest BCUT2D eigenvalue weighted by Gasteiger charge is -2.06. The summed E-state index contributed by atoms with van der Waals surface area (Å²) in [6, 6.07) is 12.3. The number of nitrogens with zero attached hydrogens (tertiary/aromatic N) is 4. The first kappa shape index (κ1) is 37.8. The molecule has 4 aromatic rings. The number of alkyl halides is 1. The van der Waals surface area contributed by atoms with Crippen molar-refractivity contribution in [1.29, 1.82) is 5.26 Å². The number of hydrogen-bond acceptors (Lipinski definition) is 12. The largest absolute Gasteiger partial charge is 0.454 e. The number of aryl methyl sites for hydroxylation is 2. The number of anilines is 3. The van der Waals surface area contributed by atoms with Gasteiger partial charge in [-0.25, -0.2) is 4.99 Å². The number of carbonyl (C=O) groups excluding carboxylic acids is 2. The molecule has 6 heterocycles. The van der Waals surface area contributed by atoms with Crippen LogP contribution in [0.25, 0.3) is 0 Å². The van der Waals surface area contributed by atoms with Gasteiger partial charge in [-0.15, -0.1) is 23.4 Å². The number of nitrogens with one attached hydrogen (secondary N) is 3. The number of pyridine rings is 2. The quantitative estimate of drug-likeness (QED) is 0.143. The van der Waals surface area contributed by atoms with Crippen LogP contribution in [0.1, 0.15) is 29.2 Å². The maximum Gasteiger partial charge on any atom is 0.239 e. The molecule has 8 rings (SSSR count). The Hall–Kier alpha value is -5.43. The van der Waals surface area contributed by atoms with E-state index in [9.17, 15) is 9.59 Å². The summed E-state index contributed by atoms with van der Waals surface area (Å²) in [6.45, 7) is 5.96. The number of hydrogen-bond donors (Lipinski definition) is 3. The number of thiocarbonyl (C=S) groups is 1. The van der Waals surface area contributed by atoms with Crippen LogP contribution in [-0.4, -0.2) is 57.0 Å². The molecule has 0 aliphatic carbocycles. The van der Waals surface area contributed by atoms with E-state index in [-0.39, 0.29) is 31.3 Å². The molecule has 13 nitrogen and oxygen atoms in total. The molecule has 0 spiro atoms. The average Bonchev–Trinajstić information content (AvgIpc) is 3.95. The Bertz CT molecular complexity index is 2060. The lowest BCUT2D eigenvalue weighted by atomic mass is 10.1. The summed E-state index contributed by atoms with van der Waals surface area (Å²) in [5.74, 6) is 2.61. The maximum absolute atomic E-state index is 12.1. The van der Waals surface area contributed by atoms with Crippen molar-refractivity contribution in [2.45, 2.75) is 33.6 Å². The van der Waals surface area contributed by atoms with Crippen molar-refractivity contribution in [1.82, 2.24) is 9.97 Å². The summed E-state index contributed by atoms with van der Waals surface area (Å²) in [6.07, 6.45) is 8.94. The molecule has 2 amide bonds. The highest BCUT2D eigenvalue weighted by Gasteiger charge is 2.20. The van der Waals surface area contributed by atoms with Crippen molar-refractivity contribution in [3.05, 3.63) is 83.4 Å². The van der Waals surface area contributed by atoms with E-state index in [1.165, 1.54) is 35.4 Å². The maximum atomic E-state index is 12.1. The van der Waals surface area contributed by atoms with E-state index in [1.54, 1.807) is 48.7 Å². The number of thioether (sulfide) groups is 1. The first-order chi connectivity index (χ1) is 25.2. The van der Waals surface area contributed by atoms with Gasteiger partial charge in [-0.05, 0) is 60.4 Å². The number of amides is 2. The van der Waals surface area contributed by atoms with Crippen LogP contribution in [0, 0.1) is 25.2 Å². The van der Waals surface area contributed by atoms with Gasteiger partial charge < -0.3 is 34.9 Å². The smallest absolute Gasteiger partial charge is 0.239 e. The summed E-state index contributed by atoms with van der Waals surface area (Å²) in [4.78, 5) is 36.8. The van der Waals surface area contributed by atoms with Crippen LogP contribution in [0.5, 0.6) is 23.0 Å². The molecule has 2 aromatic heterocycles. The predicted molar refractivity (Wildman–Crippen MR) is 206 cm³/mol. The van der Waals surface area contributed by atoms with E-state index in [0.29, 0.717) is 40.1 Å². The monoisotopic (exact) mass is 759 g/mol. The van der Waals surface area contributed by atoms with Crippen LogP contribution in [0.2, 0.25) is 0 Å². The van der Waals surface area contributed by atoms with Crippen molar-refractivity contribution in [2.24, 2.45) is 4.99 Å². The van der Waals surface area contributed by atoms with Crippen molar-refractivity contribution >= 4 is 80.2 Å². The third-order valence-corrected chi connectivity index (χ3v) is 8.98. The van der Waals surface area contributed by atoms with E-state index >= 15 is 0 Å². The molecule has 0 atom stereocenters. The number of ether oxygens (including phenoxy) is 4. The highest BCUT2D eigenvalue weighted by molar-refractivity contribution is 8.14. The van der Waals surface area contributed by atoms with Crippen molar-refractivity contribution in [2.75, 3.05) is 41.2 Å². The van der Waals surface area contributed by atoms with Crippen molar-refractivity contribution in [3.63, 3.8) is 0 Å². The number of aliphatic imine (C=N–C) groups is 1. The molecule has 0 saturated heterocycles. The molecular formula is C36H34ClN7O6S2. The Morgan fingerprint density at radius 1 is 0.865 bits per heavy atom. The zero-order valence-corrected chi connectivity index (χ0v) is 30.8. The molecule has 52 heavy (non-hydrogen) atoms. The zero-order chi connectivity index (χ0) is 37.0. The Balaban J connectivity index is 0.000000158. The fourth-order valence-electron chi connectivity index (χ4n) is 5.09. The second-order valence-corrected chi connectivity index (χ2v) is 13.0. The van der Waals surface area contributed by atoms with E-state index in [0.717, 1.165) is 39.8 Å². The number of carbonyl (C=O) groups is 2. The fraction of sp³-hybridized carbons (Fsp3) is 0.250. The number of halogens is 1. The zero-order valence-electron chi connectivity index (χ0n) is 28.4. The molecule has 0 fully saturated rings. The summed E-state index contributed by atoms with van der Waals surface area (Å²) >= 11 is 11.9. The van der Waals surface area contributed by atoms with Gasteiger partial charge in [0.05, 0.1) is 45.6 Å². The predicted octanol–water partition coefficient (Wildman–Crippen LogP) is 6.88. The van der Waals surface area contributed by atoms with Crippen molar-refractivity contribution < 1.29 is 28.5 Å². The minimum atomic E-state index is -0.245.